The summed E-state index contributed by atoms with van der Waals surface area (Å²) in [5.41, 5.74) is 11.4. The highest BCUT2D eigenvalue weighted by molar-refractivity contribution is 7.97. The molecule has 0 unspecified atom stereocenters. The molecule has 0 bridgehead atoms. The van der Waals surface area contributed by atoms with Gasteiger partial charge in [0, 0.05) is 23.5 Å². The van der Waals surface area contributed by atoms with Crippen molar-refractivity contribution in [1.29, 1.82) is 0 Å². The summed E-state index contributed by atoms with van der Waals surface area (Å²) >= 11 is 1.60. The number of hydrogen-bond donors (Lipinski definition) is 2. The molecule has 150 valence electrons. The molecule has 0 spiro atoms. The maximum Gasteiger partial charge on any atom is 0.0707 e. The quantitative estimate of drug-likeness (QED) is 0.413. The van der Waals surface area contributed by atoms with Crippen LogP contribution in [0, 0.1) is 0 Å². The van der Waals surface area contributed by atoms with Gasteiger partial charge in [-0.25, -0.2) is 0 Å². The zero-order valence-corrected chi connectivity index (χ0v) is 18.0. The van der Waals surface area contributed by atoms with Gasteiger partial charge in [-0.2, -0.15) is 0 Å². The first-order valence-electron chi connectivity index (χ1n) is 9.87. The van der Waals surface area contributed by atoms with Crippen molar-refractivity contribution in [2.24, 2.45) is 10.7 Å². The Balaban J connectivity index is 1.67. The number of rotatable bonds is 8. The molecule has 3 N–H and O–H groups in total. The van der Waals surface area contributed by atoms with Crippen molar-refractivity contribution in [2.45, 2.75) is 37.6 Å². The van der Waals surface area contributed by atoms with E-state index in [1.54, 1.807) is 19.0 Å². The van der Waals surface area contributed by atoms with Crippen LogP contribution in [0.5, 0.6) is 0 Å². The Hall–Kier alpha value is -2.63. The summed E-state index contributed by atoms with van der Waals surface area (Å²) in [4.78, 5) is 9.97. The van der Waals surface area contributed by atoms with Crippen molar-refractivity contribution in [2.75, 3.05) is 7.05 Å². The molecule has 3 aromatic rings. The van der Waals surface area contributed by atoms with Crippen molar-refractivity contribution in [3.63, 3.8) is 0 Å². The second-order valence-electron chi connectivity index (χ2n) is 6.95. The number of hydrogen-bond acceptors (Lipinski definition) is 5. The van der Waals surface area contributed by atoms with Crippen LogP contribution in [-0.2, 0) is 12.8 Å². The minimum atomic E-state index is 0.112. The van der Waals surface area contributed by atoms with E-state index in [2.05, 4.69) is 77.1 Å². The first-order chi connectivity index (χ1) is 14.1. The largest absolute Gasteiger partial charge is 0.405 e. The fraction of sp³-hybridized carbons (Fsp3) is 0.250. The third kappa shape index (κ3) is 5.46. The molecule has 0 saturated heterocycles. The first-order valence-corrected chi connectivity index (χ1v) is 10.7. The maximum atomic E-state index is 5.48. The number of nitrogens with one attached hydrogen (secondary N) is 1. The van der Waals surface area contributed by atoms with Gasteiger partial charge in [0.15, 0.2) is 0 Å². The summed E-state index contributed by atoms with van der Waals surface area (Å²) in [6.07, 6.45) is 7.18. The van der Waals surface area contributed by atoms with E-state index in [0.29, 0.717) is 0 Å². The molecule has 0 aliphatic heterocycles. The van der Waals surface area contributed by atoms with Crippen molar-refractivity contribution in [1.82, 2.24) is 9.71 Å². The summed E-state index contributed by atoms with van der Waals surface area (Å²) in [6, 6.07) is 17.5. The molecule has 0 saturated carbocycles. The van der Waals surface area contributed by atoms with E-state index in [-0.39, 0.29) is 6.04 Å². The average Bonchev–Trinajstić information content (AvgIpc) is 2.76. The molecule has 0 amide bonds. The number of aliphatic imine (C=N–C) groups is 1. The Kier molecular flexibility index (Phi) is 7.44. The Morgan fingerprint density at radius 2 is 1.93 bits per heavy atom. The van der Waals surface area contributed by atoms with E-state index < -0.39 is 0 Å². The molecule has 2 aromatic carbocycles. The number of aromatic nitrogens is 1. The molecule has 0 aliphatic carbocycles. The molecule has 1 heterocycles. The lowest BCUT2D eigenvalue weighted by atomic mass is 10.00. The highest BCUT2D eigenvalue weighted by atomic mass is 32.2. The highest BCUT2D eigenvalue weighted by Gasteiger charge is 2.08. The molecule has 0 aliphatic rings. The summed E-state index contributed by atoms with van der Waals surface area (Å²) < 4.78 is 3.41. The molecule has 29 heavy (non-hydrogen) atoms. The second-order valence-corrected chi connectivity index (χ2v) is 7.86. The number of benzene rings is 2. The Labute approximate surface area is 177 Å². The summed E-state index contributed by atoms with van der Waals surface area (Å²) in [7, 11) is 1.78. The topological polar surface area (TPSA) is 63.3 Å². The maximum absolute atomic E-state index is 5.48. The third-order valence-electron chi connectivity index (χ3n) is 4.95. The van der Waals surface area contributed by atoms with Gasteiger partial charge in [0.1, 0.15) is 0 Å². The predicted octanol–water partition coefficient (Wildman–Crippen LogP) is 4.92. The van der Waals surface area contributed by atoms with Gasteiger partial charge in [-0.05, 0) is 84.9 Å². The van der Waals surface area contributed by atoms with Crippen molar-refractivity contribution in [3.8, 4) is 0 Å². The molecule has 0 radical (unpaired) electrons. The standard InChI is InChI=1S/C24H28N4S/c1-4-18-7-10-22-20(12-14-27-24(22)16-18)15-19-5-8-21(9-6-19)29-28-17(2)23(26-3)11-13-25/h5-14,16-17,28H,4,15,25H2,1-3H3/t17-/m0/s1. The van der Waals surface area contributed by atoms with Crippen LogP contribution < -0.4 is 10.5 Å². The SMILES string of the molecule is CCc1ccc2c(Cc3ccc(SN[C@@H](C)C(C=CN)=NC)cc3)ccnc2c1. The number of fused-ring (bicyclic) bond motifs is 1. The van der Waals surface area contributed by atoms with Gasteiger partial charge in [-0.1, -0.05) is 31.2 Å². The second kappa shape index (κ2) is 10.2. The van der Waals surface area contributed by atoms with Gasteiger partial charge in [-0.15, -0.1) is 0 Å². The van der Waals surface area contributed by atoms with Crippen molar-refractivity contribution in [3.05, 3.63) is 83.7 Å². The fourth-order valence-electron chi connectivity index (χ4n) is 3.25. The minimum Gasteiger partial charge on any atom is -0.405 e. The Bertz CT molecular complexity index is 1010. The van der Waals surface area contributed by atoms with E-state index in [1.807, 2.05) is 12.3 Å². The van der Waals surface area contributed by atoms with Crippen LogP contribution in [0.2, 0.25) is 0 Å². The molecule has 0 fully saturated rings. The molecule has 4 nitrogen and oxygen atoms in total. The Morgan fingerprint density at radius 3 is 2.62 bits per heavy atom. The summed E-state index contributed by atoms with van der Waals surface area (Å²) in [6.45, 7) is 4.24. The molecule has 1 atom stereocenters. The van der Waals surface area contributed by atoms with Crippen LogP contribution in [-0.4, -0.2) is 23.8 Å². The molecule has 1 aromatic heterocycles. The van der Waals surface area contributed by atoms with Crippen molar-refractivity contribution >= 4 is 28.6 Å². The van der Waals surface area contributed by atoms with Crippen LogP contribution >= 0.6 is 11.9 Å². The summed E-state index contributed by atoms with van der Waals surface area (Å²) in [5.74, 6) is 0. The monoisotopic (exact) mass is 404 g/mol. The van der Waals surface area contributed by atoms with Crippen LogP contribution in [0.3, 0.4) is 0 Å². The van der Waals surface area contributed by atoms with Crippen LogP contribution in [0.25, 0.3) is 10.9 Å². The lowest BCUT2D eigenvalue weighted by Gasteiger charge is -2.13. The van der Waals surface area contributed by atoms with Gasteiger partial charge in [0.2, 0.25) is 0 Å². The molecule has 3 rings (SSSR count). The van der Waals surface area contributed by atoms with Crippen LogP contribution in [0.15, 0.2) is 76.9 Å². The van der Waals surface area contributed by atoms with Gasteiger partial charge >= 0.3 is 0 Å². The summed E-state index contributed by atoms with van der Waals surface area (Å²) in [5, 5.41) is 1.23. The lowest BCUT2D eigenvalue weighted by Crippen LogP contribution is -2.28. The fourth-order valence-corrected chi connectivity index (χ4v) is 3.96. The van der Waals surface area contributed by atoms with E-state index in [9.17, 15) is 0 Å². The first kappa shape index (κ1) is 21.1. The lowest BCUT2D eigenvalue weighted by molar-refractivity contribution is 0.894. The van der Waals surface area contributed by atoms with E-state index in [1.165, 1.54) is 33.2 Å². The number of pyridine rings is 1. The van der Waals surface area contributed by atoms with Crippen LogP contribution in [0.4, 0.5) is 0 Å². The predicted molar refractivity (Wildman–Crippen MR) is 126 cm³/mol. The van der Waals surface area contributed by atoms with Gasteiger partial charge in [0.05, 0.1) is 17.3 Å². The van der Waals surface area contributed by atoms with E-state index in [4.69, 9.17) is 5.73 Å². The van der Waals surface area contributed by atoms with Crippen molar-refractivity contribution < 1.29 is 0 Å². The van der Waals surface area contributed by atoms with E-state index >= 15 is 0 Å². The normalized spacial score (nSPS) is 13.3. The van der Waals surface area contributed by atoms with E-state index in [0.717, 1.165) is 24.1 Å². The molecular weight excluding hydrogens is 376 g/mol. The zero-order chi connectivity index (χ0) is 20.6. The number of nitrogens with two attached hydrogens (primary N) is 1. The number of aryl methyl sites for hydroxylation is 1. The number of nitrogens with zero attached hydrogens (tertiary/aromatic N) is 2. The Morgan fingerprint density at radius 1 is 1.17 bits per heavy atom. The smallest absolute Gasteiger partial charge is 0.0707 e. The van der Waals surface area contributed by atoms with Gasteiger partial charge in [0.25, 0.3) is 0 Å². The van der Waals surface area contributed by atoms with Gasteiger partial charge < -0.3 is 5.73 Å². The third-order valence-corrected chi connectivity index (χ3v) is 5.93. The van der Waals surface area contributed by atoms with Crippen LogP contribution in [0.1, 0.15) is 30.5 Å². The zero-order valence-electron chi connectivity index (χ0n) is 17.2. The average molecular weight is 405 g/mol. The minimum absolute atomic E-state index is 0.112. The highest BCUT2D eigenvalue weighted by Crippen LogP contribution is 2.23. The molecular formula is C24H28N4S. The van der Waals surface area contributed by atoms with Gasteiger partial charge in [-0.3, -0.25) is 14.7 Å². The molecule has 5 heteroatoms.